The van der Waals surface area contributed by atoms with E-state index in [1.807, 2.05) is 0 Å². The highest BCUT2D eigenvalue weighted by Gasteiger charge is 2.40. The number of hydrogen-bond donors (Lipinski definition) is 1. The lowest BCUT2D eigenvalue weighted by molar-refractivity contribution is -0.117. The van der Waals surface area contributed by atoms with Gasteiger partial charge in [-0.05, 0) is 50.0 Å². The smallest absolute Gasteiger partial charge is 0.250 e. The van der Waals surface area contributed by atoms with Crippen LogP contribution in [0.5, 0.6) is 0 Å². The Morgan fingerprint density at radius 3 is 2.42 bits per heavy atom. The fourth-order valence-corrected chi connectivity index (χ4v) is 5.29. The van der Waals surface area contributed by atoms with Crippen LogP contribution in [0, 0.1) is 5.41 Å². The van der Waals surface area contributed by atoms with E-state index < -0.39 is 27.2 Å². The zero-order valence-electron chi connectivity index (χ0n) is 14.7. The summed E-state index contributed by atoms with van der Waals surface area (Å²) in [4.78, 5) is 11.2. The highest BCUT2D eigenvalue weighted by molar-refractivity contribution is 7.73. The Bertz CT molecular complexity index is 778. The van der Waals surface area contributed by atoms with Gasteiger partial charge in [-0.1, -0.05) is 24.4 Å². The number of likely N-dealkylation sites (N-methyl/N-ethyl adjacent to an activating group) is 1. The Morgan fingerprint density at radius 1 is 1.27 bits per heavy atom. The Hall–Kier alpha value is -1.34. The van der Waals surface area contributed by atoms with Crippen molar-refractivity contribution >= 4 is 32.7 Å². The summed E-state index contributed by atoms with van der Waals surface area (Å²) in [6.07, 6.45) is 7.59. The number of nitrogens with one attached hydrogen (secondary N) is 1. The van der Waals surface area contributed by atoms with Crippen molar-refractivity contribution in [3.8, 4) is 0 Å². The van der Waals surface area contributed by atoms with Gasteiger partial charge < -0.3 is 10.1 Å². The van der Waals surface area contributed by atoms with Crippen molar-refractivity contribution in [1.82, 2.24) is 5.32 Å². The molecular weight excluding hydrogens is 381 g/mol. The highest BCUT2D eigenvalue weighted by Crippen LogP contribution is 2.49. The Kier molecular flexibility index (Phi) is 5.77. The van der Waals surface area contributed by atoms with Gasteiger partial charge in [0.25, 0.3) is 0 Å². The maximum Gasteiger partial charge on any atom is 0.250 e. The molecule has 0 radical (unpaired) electrons. The van der Waals surface area contributed by atoms with E-state index in [-0.39, 0.29) is 22.5 Å². The van der Waals surface area contributed by atoms with Crippen molar-refractivity contribution in [3.05, 3.63) is 22.4 Å². The predicted octanol–water partition coefficient (Wildman–Crippen LogP) is 3.03. The number of carbonyl (C=O) groups excluding carboxylic acids is 1. The van der Waals surface area contributed by atoms with Crippen LogP contribution in [0.1, 0.15) is 51.4 Å². The molecule has 2 fully saturated rings. The minimum Gasteiger partial charge on any atom is -0.487 e. The predicted molar refractivity (Wildman–Crippen MR) is 98.1 cm³/mol. The molecule has 1 unspecified atom stereocenters. The highest BCUT2D eigenvalue weighted by atomic mass is 35.5. The van der Waals surface area contributed by atoms with Crippen molar-refractivity contribution in [2.75, 3.05) is 7.05 Å². The molecule has 0 aromatic carbocycles. The van der Waals surface area contributed by atoms with E-state index in [2.05, 4.69) is 5.32 Å². The summed E-state index contributed by atoms with van der Waals surface area (Å²) in [6.45, 7) is 0. The zero-order chi connectivity index (χ0) is 18.9. The molecule has 0 bridgehead atoms. The molecule has 26 heavy (non-hydrogen) atoms. The molecule has 0 heterocycles. The van der Waals surface area contributed by atoms with Gasteiger partial charge in [-0.15, -0.1) is 0 Å². The van der Waals surface area contributed by atoms with E-state index in [1.165, 1.54) is 32.7 Å². The number of ether oxygens (including phenoxy) is 1. The van der Waals surface area contributed by atoms with Gasteiger partial charge in [-0.3, -0.25) is 4.79 Å². The zero-order valence-corrected chi connectivity index (χ0v) is 16.3. The summed E-state index contributed by atoms with van der Waals surface area (Å²) in [7, 11) is -1.54. The average molecular weight is 404 g/mol. The summed E-state index contributed by atoms with van der Waals surface area (Å²) in [6, 6.07) is 0. The molecule has 1 spiro atoms. The Morgan fingerprint density at radius 2 is 1.88 bits per heavy atom. The van der Waals surface area contributed by atoms with E-state index in [0.717, 1.165) is 31.8 Å². The van der Waals surface area contributed by atoms with Crippen LogP contribution in [-0.4, -0.2) is 38.5 Å². The van der Waals surface area contributed by atoms with Crippen molar-refractivity contribution in [2.24, 2.45) is 5.41 Å². The minimum absolute atomic E-state index is 0.0575. The number of rotatable bonds is 3. The maximum absolute atomic E-state index is 14.7. The third-order valence-electron chi connectivity index (χ3n) is 5.84. The largest absolute Gasteiger partial charge is 0.487 e. The molecule has 3 rings (SSSR count). The quantitative estimate of drug-likeness (QED) is 0.735. The van der Waals surface area contributed by atoms with Gasteiger partial charge in [0.1, 0.15) is 0 Å². The van der Waals surface area contributed by atoms with Crippen molar-refractivity contribution < 1.29 is 22.3 Å². The van der Waals surface area contributed by atoms with Gasteiger partial charge >= 0.3 is 0 Å². The van der Waals surface area contributed by atoms with Crippen LogP contribution in [0.15, 0.2) is 22.4 Å². The molecule has 5 nitrogen and oxygen atoms in total. The molecule has 2 saturated carbocycles. The second kappa shape index (κ2) is 7.72. The molecular formula is C18H23ClFNO4S. The molecule has 144 valence electrons. The fourth-order valence-electron chi connectivity index (χ4n) is 4.36. The molecule has 3 aliphatic carbocycles. The van der Waals surface area contributed by atoms with Crippen molar-refractivity contribution in [1.29, 1.82) is 0 Å². The molecule has 1 atom stereocenters. The lowest BCUT2D eigenvalue weighted by Crippen LogP contribution is -2.36. The molecule has 3 aliphatic rings. The van der Waals surface area contributed by atoms with Crippen LogP contribution in [0.25, 0.3) is 0 Å². The van der Waals surface area contributed by atoms with Crippen molar-refractivity contribution in [2.45, 2.75) is 63.6 Å². The third kappa shape index (κ3) is 3.69. The Labute approximate surface area is 159 Å². The van der Waals surface area contributed by atoms with Gasteiger partial charge in [0.15, 0.2) is 16.8 Å². The summed E-state index contributed by atoms with van der Waals surface area (Å²) in [5.74, 6) is -0.869. The standard InChI is InChI=1S/C18H23ClFNO4S/c1-21-17(22)12-10-13(19)15(16(14(12)20)26(23)24)25-11-4-8-18(9-5-11)6-2-3-7-18/h10-11,14H,2-9H2,1H3,(H,21,22). The van der Waals surface area contributed by atoms with E-state index in [1.54, 1.807) is 0 Å². The molecule has 0 saturated heterocycles. The van der Waals surface area contributed by atoms with Gasteiger partial charge in [0, 0.05) is 7.05 Å². The first kappa shape index (κ1) is 19.4. The number of allylic oxidation sites excluding steroid dienone is 3. The molecule has 0 aromatic heterocycles. The van der Waals surface area contributed by atoms with Crippen molar-refractivity contribution in [3.63, 3.8) is 0 Å². The van der Waals surface area contributed by atoms with Gasteiger partial charge in [0.2, 0.25) is 16.2 Å². The normalized spacial score (nSPS) is 26.0. The summed E-state index contributed by atoms with van der Waals surface area (Å²) in [5.41, 5.74) is 0.0746. The van der Waals surface area contributed by atoms with E-state index >= 15 is 0 Å². The van der Waals surface area contributed by atoms with Crippen LogP contribution in [0.4, 0.5) is 4.39 Å². The van der Waals surface area contributed by atoms with E-state index in [4.69, 9.17) is 16.3 Å². The van der Waals surface area contributed by atoms with Gasteiger partial charge in [-0.2, -0.15) is 8.42 Å². The third-order valence-corrected chi connectivity index (χ3v) is 6.87. The Balaban J connectivity index is 1.82. The first-order valence-corrected chi connectivity index (χ1v) is 10.4. The molecule has 0 aromatic rings. The van der Waals surface area contributed by atoms with Gasteiger partial charge in [0.05, 0.1) is 16.7 Å². The lowest BCUT2D eigenvalue weighted by Gasteiger charge is -2.38. The number of carbonyl (C=O) groups is 1. The maximum atomic E-state index is 14.7. The second-order valence-electron chi connectivity index (χ2n) is 7.34. The summed E-state index contributed by atoms with van der Waals surface area (Å²) >= 11 is 6.16. The van der Waals surface area contributed by atoms with Crippen LogP contribution < -0.4 is 5.32 Å². The molecule has 0 aliphatic heterocycles. The summed E-state index contributed by atoms with van der Waals surface area (Å²) in [5, 5.41) is 2.23. The fraction of sp³-hybridized carbons (Fsp3) is 0.667. The first-order valence-electron chi connectivity index (χ1n) is 8.97. The van der Waals surface area contributed by atoms with E-state index in [9.17, 15) is 17.6 Å². The second-order valence-corrected chi connectivity index (χ2v) is 8.66. The number of halogens is 2. The van der Waals surface area contributed by atoms with Gasteiger partial charge in [-0.25, -0.2) is 4.39 Å². The molecule has 8 heteroatoms. The lowest BCUT2D eigenvalue weighted by atomic mass is 9.72. The monoisotopic (exact) mass is 403 g/mol. The van der Waals surface area contributed by atoms with Crippen LogP contribution in [0.3, 0.4) is 0 Å². The summed E-state index contributed by atoms with van der Waals surface area (Å²) < 4.78 is 43.8. The minimum atomic E-state index is -2.88. The topological polar surface area (TPSA) is 72.5 Å². The molecule has 1 amide bonds. The number of hydrogen-bond acceptors (Lipinski definition) is 4. The SMILES string of the molecule is CNC(=O)C1=CC(Cl)=C(OC2CCC3(CCCC3)CC2)C(=S(=O)=O)C1F. The van der Waals surface area contributed by atoms with Crippen LogP contribution in [-0.2, 0) is 19.8 Å². The number of alkyl halides is 1. The first-order chi connectivity index (χ1) is 12.4. The van der Waals surface area contributed by atoms with Crippen LogP contribution in [0.2, 0.25) is 0 Å². The molecule has 1 N–H and O–H groups in total. The van der Waals surface area contributed by atoms with E-state index in [0.29, 0.717) is 5.41 Å². The number of amides is 1. The average Bonchev–Trinajstić information content (AvgIpc) is 3.07. The van der Waals surface area contributed by atoms with Crippen LogP contribution >= 0.6 is 11.6 Å².